The largest absolute Gasteiger partial charge is 0.298 e. The van der Waals surface area contributed by atoms with E-state index in [1.54, 1.807) is 0 Å². The van der Waals surface area contributed by atoms with Gasteiger partial charge in [0.05, 0.1) is 5.75 Å². The lowest BCUT2D eigenvalue weighted by Crippen LogP contribution is -2.50. The predicted molar refractivity (Wildman–Crippen MR) is 117 cm³/mol. The number of allylic oxidation sites excluding steroid dienone is 1. The van der Waals surface area contributed by atoms with Gasteiger partial charge in [0.1, 0.15) is 5.78 Å². The summed E-state index contributed by atoms with van der Waals surface area (Å²) >= 11 is 7.55. The molecule has 0 saturated heterocycles. The van der Waals surface area contributed by atoms with Crippen LogP contribution in [0.5, 0.6) is 0 Å². The van der Waals surface area contributed by atoms with Crippen LogP contribution in [-0.4, -0.2) is 26.3 Å². The van der Waals surface area contributed by atoms with Crippen molar-refractivity contribution in [2.24, 2.45) is 23.2 Å². The Bertz CT molecular complexity index is 901. The number of ketones is 1. The second-order valence-electron chi connectivity index (χ2n) is 9.12. The molecule has 4 fully saturated rings. The minimum Gasteiger partial charge on any atom is -0.298 e. The minimum absolute atomic E-state index is 0.0515. The van der Waals surface area contributed by atoms with Crippen LogP contribution in [0.15, 0.2) is 42.1 Å². The molecule has 29 heavy (non-hydrogen) atoms. The number of aromatic nitrogens is 3. The normalized spacial score (nSPS) is 29.9. The van der Waals surface area contributed by atoms with E-state index in [0.29, 0.717) is 23.1 Å². The van der Waals surface area contributed by atoms with Crippen molar-refractivity contribution in [3.05, 3.63) is 41.9 Å². The third-order valence-electron chi connectivity index (χ3n) is 7.09. The zero-order valence-corrected chi connectivity index (χ0v) is 18.1. The van der Waals surface area contributed by atoms with E-state index < -0.39 is 0 Å². The zero-order chi connectivity index (χ0) is 20.0. The van der Waals surface area contributed by atoms with Crippen LogP contribution < -0.4 is 0 Å². The smallest absolute Gasteiger partial charge is 0.192 e. The molecular weight excluding hydrogens is 402 g/mol. The van der Waals surface area contributed by atoms with E-state index in [-0.39, 0.29) is 5.41 Å². The van der Waals surface area contributed by atoms with Gasteiger partial charge in [-0.15, -0.1) is 16.8 Å². The van der Waals surface area contributed by atoms with Gasteiger partial charge in [-0.2, -0.15) is 0 Å². The summed E-state index contributed by atoms with van der Waals surface area (Å²) in [6.07, 6.45) is 9.27. The summed E-state index contributed by atoms with van der Waals surface area (Å²) in [6.45, 7) is 4.48. The number of Topliss-reactive ketones (excluding diaryl/α,β-unsaturated/α-hetero) is 1. The molecule has 1 aromatic heterocycles. The highest BCUT2D eigenvalue weighted by atomic mass is 35.5. The van der Waals surface area contributed by atoms with E-state index in [1.165, 1.54) is 31.0 Å². The highest BCUT2D eigenvalue weighted by Crippen LogP contribution is 2.60. The first-order chi connectivity index (χ1) is 14.1. The van der Waals surface area contributed by atoms with Crippen molar-refractivity contribution in [3.8, 4) is 11.4 Å². The third kappa shape index (κ3) is 3.57. The Morgan fingerprint density at radius 3 is 2.34 bits per heavy atom. The number of rotatable bonds is 7. The van der Waals surface area contributed by atoms with Gasteiger partial charge in [-0.05, 0) is 80.5 Å². The molecule has 6 heteroatoms. The van der Waals surface area contributed by atoms with Gasteiger partial charge in [0.15, 0.2) is 11.0 Å². The van der Waals surface area contributed by atoms with Crippen LogP contribution in [0.4, 0.5) is 0 Å². The number of hydrogen-bond donors (Lipinski definition) is 0. The highest BCUT2D eigenvalue weighted by molar-refractivity contribution is 7.99. The number of benzene rings is 1. The molecule has 4 aliphatic carbocycles. The summed E-state index contributed by atoms with van der Waals surface area (Å²) in [4.78, 5) is 13.3. The van der Waals surface area contributed by atoms with E-state index in [2.05, 4.69) is 16.8 Å². The Hall–Kier alpha value is -1.59. The monoisotopic (exact) mass is 427 g/mol. The van der Waals surface area contributed by atoms with Gasteiger partial charge < -0.3 is 0 Å². The van der Waals surface area contributed by atoms with Gasteiger partial charge in [0.2, 0.25) is 0 Å². The van der Waals surface area contributed by atoms with Crippen LogP contribution in [0.25, 0.3) is 11.4 Å². The van der Waals surface area contributed by atoms with E-state index in [9.17, 15) is 4.79 Å². The summed E-state index contributed by atoms with van der Waals surface area (Å²) in [5.41, 5.74) is 0.910. The molecule has 4 saturated carbocycles. The van der Waals surface area contributed by atoms with Crippen LogP contribution >= 0.6 is 23.4 Å². The van der Waals surface area contributed by atoms with Crippen LogP contribution in [0.1, 0.15) is 38.5 Å². The highest BCUT2D eigenvalue weighted by Gasteiger charge is 2.54. The SMILES string of the molecule is C=CCn1c(SCC(=O)C23CC4CC(CC(C4)C2)C3)nnc1-c1ccc(Cl)cc1. The standard InChI is InChI=1S/C23H26ClN3OS/c1-2-7-27-21(18-3-5-19(24)6-4-18)25-26-22(27)29-14-20(28)23-11-15-8-16(12-23)10-17(9-15)13-23/h2-6,15-17H,1,7-14H2. The molecule has 4 bridgehead atoms. The maximum Gasteiger partial charge on any atom is 0.192 e. The molecule has 152 valence electrons. The van der Waals surface area contributed by atoms with E-state index in [4.69, 9.17) is 11.6 Å². The summed E-state index contributed by atoms with van der Waals surface area (Å²) < 4.78 is 2.04. The van der Waals surface area contributed by atoms with Crippen molar-refractivity contribution in [1.29, 1.82) is 0 Å². The zero-order valence-electron chi connectivity index (χ0n) is 16.5. The van der Waals surface area contributed by atoms with E-state index >= 15 is 0 Å². The van der Waals surface area contributed by atoms with Gasteiger partial charge in [0.25, 0.3) is 0 Å². The van der Waals surface area contributed by atoms with Gasteiger partial charge in [-0.1, -0.05) is 29.4 Å². The Kier molecular flexibility index (Phi) is 5.07. The molecule has 0 amide bonds. The van der Waals surface area contributed by atoms with Gasteiger partial charge >= 0.3 is 0 Å². The van der Waals surface area contributed by atoms with Crippen LogP contribution in [0, 0.1) is 23.2 Å². The maximum atomic E-state index is 13.3. The fourth-order valence-corrected chi connectivity index (χ4v) is 7.34. The molecule has 0 spiro atoms. The number of thioether (sulfide) groups is 1. The first-order valence-corrected chi connectivity index (χ1v) is 11.9. The molecule has 1 heterocycles. The van der Waals surface area contributed by atoms with E-state index in [0.717, 1.165) is 53.6 Å². The Morgan fingerprint density at radius 2 is 1.76 bits per heavy atom. The Morgan fingerprint density at radius 1 is 1.14 bits per heavy atom. The topological polar surface area (TPSA) is 47.8 Å². The molecule has 0 N–H and O–H groups in total. The molecule has 4 aliphatic rings. The summed E-state index contributed by atoms with van der Waals surface area (Å²) in [6, 6.07) is 7.60. The third-order valence-corrected chi connectivity index (χ3v) is 8.31. The maximum absolute atomic E-state index is 13.3. The molecule has 0 atom stereocenters. The fraction of sp³-hybridized carbons (Fsp3) is 0.522. The van der Waals surface area contributed by atoms with Crippen molar-refractivity contribution in [2.45, 2.75) is 50.2 Å². The number of carbonyl (C=O) groups is 1. The predicted octanol–water partition coefficient (Wildman–Crippen LogP) is 5.66. The average Bonchev–Trinajstić information content (AvgIpc) is 3.08. The van der Waals surface area contributed by atoms with Crippen molar-refractivity contribution in [2.75, 3.05) is 5.75 Å². The van der Waals surface area contributed by atoms with Crippen molar-refractivity contribution >= 4 is 29.1 Å². The Balaban J connectivity index is 1.34. The number of hydrogen-bond acceptors (Lipinski definition) is 4. The molecule has 1 aromatic carbocycles. The molecule has 0 aliphatic heterocycles. The van der Waals surface area contributed by atoms with Crippen molar-refractivity contribution in [3.63, 3.8) is 0 Å². The first kappa shape index (κ1) is 19.4. The average molecular weight is 428 g/mol. The fourth-order valence-electron chi connectivity index (χ4n) is 6.24. The number of halogens is 1. The number of carbonyl (C=O) groups excluding carboxylic acids is 1. The summed E-state index contributed by atoms with van der Waals surface area (Å²) in [7, 11) is 0. The molecule has 6 rings (SSSR count). The van der Waals surface area contributed by atoms with Gasteiger partial charge in [-0.25, -0.2) is 0 Å². The lowest BCUT2D eigenvalue weighted by atomic mass is 9.48. The molecule has 4 nitrogen and oxygen atoms in total. The first-order valence-electron chi connectivity index (χ1n) is 10.5. The molecular formula is C23H26ClN3OS. The summed E-state index contributed by atoms with van der Waals surface area (Å²) in [5.74, 6) is 4.07. The second kappa shape index (κ2) is 7.59. The minimum atomic E-state index is -0.0515. The van der Waals surface area contributed by atoms with Crippen LogP contribution in [-0.2, 0) is 11.3 Å². The molecule has 0 unspecified atom stereocenters. The summed E-state index contributed by atoms with van der Waals surface area (Å²) in [5, 5.41) is 10.3. The second-order valence-corrected chi connectivity index (χ2v) is 10.5. The lowest BCUT2D eigenvalue weighted by Gasteiger charge is -2.56. The Labute approximate surface area is 181 Å². The van der Waals surface area contributed by atoms with Crippen molar-refractivity contribution in [1.82, 2.24) is 14.8 Å². The van der Waals surface area contributed by atoms with Gasteiger partial charge in [-0.3, -0.25) is 9.36 Å². The number of nitrogens with zero attached hydrogens (tertiary/aromatic N) is 3. The van der Waals surface area contributed by atoms with Crippen LogP contribution in [0.3, 0.4) is 0 Å². The molecule has 2 aromatic rings. The molecule has 0 radical (unpaired) electrons. The quantitative estimate of drug-likeness (QED) is 0.422. The lowest BCUT2D eigenvalue weighted by molar-refractivity contribution is -0.141. The van der Waals surface area contributed by atoms with Crippen molar-refractivity contribution < 1.29 is 4.79 Å². The van der Waals surface area contributed by atoms with Crippen LogP contribution in [0.2, 0.25) is 5.02 Å². The van der Waals surface area contributed by atoms with Gasteiger partial charge in [0, 0.05) is 22.5 Å². The van der Waals surface area contributed by atoms with E-state index in [1.807, 2.05) is 34.9 Å².